The van der Waals surface area contributed by atoms with Gasteiger partial charge in [0.1, 0.15) is 0 Å². The lowest BCUT2D eigenvalue weighted by Gasteiger charge is -2.39. The van der Waals surface area contributed by atoms with Crippen molar-refractivity contribution in [3.63, 3.8) is 0 Å². The van der Waals surface area contributed by atoms with Crippen LogP contribution in [0.15, 0.2) is 35.3 Å². The quantitative estimate of drug-likeness (QED) is 0.349. The normalized spacial score (nSPS) is 18.8. The first-order chi connectivity index (χ1) is 14.7. The van der Waals surface area contributed by atoms with Crippen LogP contribution in [0.5, 0.6) is 0 Å². The number of guanidine groups is 1. The van der Waals surface area contributed by atoms with Crippen molar-refractivity contribution in [3.8, 4) is 0 Å². The number of benzene rings is 1. The summed E-state index contributed by atoms with van der Waals surface area (Å²) in [6, 6.07) is 10.5. The number of hydrogen-bond acceptors (Lipinski definition) is 3. The van der Waals surface area contributed by atoms with E-state index in [1.54, 1.807) is 0 Å². The van der Waals surface area contributed by atoms with Crippen molar-refractivity contribution in [3.05, 3.63) is 36.0 Å². The van der Waals surface area contributed by atoms with Gasteiger partial charge in [-0.05, 0) is 44.2 Å². The van der Waals surface area contributed by atoms with Crippen LogP contribution in [0.25, 0.3) is 10.9 Å². The van der Waals surface area contributed by atoms with Crippen LogP contribution in [-0.4, -0.2) is 83.4 Å². The number of nitrogens with zero attached hydrogens (tertiary/aromatic N) is 4. The first kappa shape index (κ1) is 23.8. The van der Waals surface area contributed by atoms with Crippen LogP contribution in [0, 0.1) is 0 Å². The van der Waals surface area contributed by atoms with Crippen LogP contribution in [-0.2, 0) is 11.3 Å². The average molecular weight is 538 g/mol. The zero-order valence-electron chi connectivity index (χ0n) is 18.6. The molecule has 31 heavy (non-hydrogen) atoms. The van der Waals surface area contributed by atoms with E-state index < -0.39 is 0 Å². The molecule has 2 fully saturated rings. The van der Waals surface area contributed by atoms with Gasteiger partial charge in [0.25, 0.3) is 0 Å². The Labute approximate surface area is 202 Å². The molecule has 0 aliphatic carbocycles. The molecule has 170 valence electrons. The van der Waals surface area contributed by atoms with E-state index in [0.29, 0.717) is 12.5 Å². The van der Waals surface area contributed by atoms with Gasteiger partial charge in [-0.1, -0.05) is 18.2 Å². The summed E-state index contributed by atoms with van der Waals surface area (Å²) in [5.41, 5.74) is 2.27. The lowest BCUT2D eigenvalue weighted by molar-refractivity contribution is -0.135. The summed E-state index contributed by atoms with van der Waals surface area (Å²) in [6.07, 6.45) is 2.29. The van der Waals surface area contributed by atoms with Crippen LogP contribution in [0.4, 0.5) is 0 Å². The molecule has 1 amide bonds. The number of likely N-dealkylation sites (tertiary alicyclic amines) is 1. The second-order valence-corrected chi connectivity index (χ2v) is 8.28. The maximum atomic E-state index is 12.7. The summed E-state index contributed by atoms with van der Waals surface area (Å²) in [6.45, 7) is 11.0. The average Bonchev–Trinajstić information content (AvgIpc) is 3.45. The van der Waals surface area contributed by atoms with Gasteiger partial charge < -0.3 is 20.1 Å². The predicted molar refractivity (Wildman–Crippen MR) is 137 cm³/mol. The molecular weight excluding hydrogens is 503 g/mol. The molecule has 0 saturated carbocycles. The van der Waals surface area contributed by atoms with E-state index in [9.17, 15) is 4.79 Å². The summed E-state index contributed by atoms with van der Waals surface area (Å²) in [5.74, 6) is 1.25. The Morgan fingerprint density at radius 3 is 2.48 bits per heavy atom. The highest BCUT2D eigenvalue weighted by Crippen LogP contribution is 2.16. The zero-order chi connectivity index (χ0) is 20.9. The van der Waals surface area contributed by atoms with Gasteiger partial charge in [-0.3, -0.25) is 9.69 Å². The molecule has 2 aliphatic heterocycles. The number of fused-ring (bicyclic) bond motifs is 1. The number of aromatic nitrogens is 1. The minimum Gasteiger partial charge on any atom is -0.357 e. The Morgan fingerprint density at radius 2 is 1.81 bits per heavy atom. The van der Waals surface area contributed by atoms with Gasteiger partial charge >= 0.3 is 0 Å². The van der Waals surface area contributed by atoms with Crippen molar-refractivity contribution in [2.75, 3.05) is 45.8 Å². The van der Waals surface area contributed by atoms with Crippen LogP contribution in [0.3, 0.4) is 0 Å². The van der Waals surface area contributed by atoms with Crippen LogP contribution in [0.1, 0.15) is 32.4 Å². The van der Waals surface area contributed by atoms with Gasteiger partial charge in [-0.2, -0.15) is 0 Å². The third-order valence-corrected chi connectivity index (χ3v) is 6.26. The molecule has 8 heteroatoms. The summed E-state index contributed by atoms with van der Waals surface area (Å²) < 4.78 is 0. The first-order valence-corrected chi connectivity index (χ1v) is 11.3. The zero-order valence-corrected chi connectivity index (χ0v) is 21.0. The largest absolute Gasteiger partial charge is 0.357 e. The molecule has 1 aromatic heterocycles. The van der Waals surface area contributed by atoms with E-state index in [-0.39, 0.29) is 30.0 Å². The molecule has 0 radical (unpaired) electrons. The van der Waals surface area contributed by atoms with Crippen molar-refractivity contribution in [2.45, 2.75) is 39.3 Å². The van der Waals surface area contributed by atoms with Crippen molar-refractivity contribution < 1.29 is 4.79 Å². The topological polar surface area (TPSA) is 67.0 Å². The molecule has 1 atom stereocenters. The van der Waals surface area contributed by atoms with Gasteiger partial charge in [0.2, 0.25) is 5.91 Å². The molecule has 1 aromatic carbocycles. The fourth-order valence-corrected chi connectivity index (χ4v) is 4.48. The number of H-pyrrole nitrogens is 1. The highest BCUT2D eigenvalue weighted by molar-refractivity contribution is 14.0. The number of amides is 1. The van der Waals surface area contributed by atoms with E-state index in [1.807, 2.05) is 11.0 Å². The minimum absolute atomic E-state index is 0. The van der Waals surface area contributed by atoms with E-state index in [4.69, 9.17) is 4.99 Å². The number of halogens is 1. The Hall–Kier alpha value is -1.81. The fourth-order valence-electron chi connectivity index (χ4n) is 4.48. The number of piperazine rings is 1. The second-order valence-electron chi connectivity index (χ2n) is 8.28. The maximum absolute atomic E-state index is 12.7. The smallest absolute Gasteiger partial charge is 0.239 e. The molecule has 0 spiro atoms. The maximum Gasteiger partial charge on any atom is 0.239 e. The monoisotopic (exact) mass is 538 g/mol. The molecule has 2 saturated heterocycles. The predicted octanol–water partition coefficient (Wildman–Crippen LogP) is 2.88. The molecule has 3 heterocycles. The molecule has 1 unspecified atom stereocenters. The number of para-hydroxylation sites is 1. The number of nitrogens with one attached hydrogen (secondary N) is 2. The van der Waals surface area contributed by atoms with Gasteiger partial charge in [0, 0.05) is 57.0 Å². The van der Waals surface area contributed by atoms with Gasteiger partial charge in [0.15, 0.2) is 5.96 Å². The van der Waals surface area contributed by atoms with E-state index in [0.717, 1.165) is 75.8 Å². The molecule has 2 N–H and O–H groups in total. The summed E-state index contributed by atoms with van der Waals surface area (Å²) in [5, 5.41) is 4.66. The Morgan fingerprint density at radius 1 is 1.10 bits per heavy atom. The van der Waals surface area contributed by atoms with Crippen LogP contribution in [0.2, 0.25) is 0 Å². The minimum atomic E-state index is -0.0314. The number of hydrogen-bond donors (Lipinski definition) is 2. The lowest BCUT2D eigenvalue weighted by atomic mass is 10.2. The van der Waals surface area contributed by atoms with E-state index in [2.05, 4.69) is 58.2 Å². The van der Waals surface area contributed by atoms with Crippen molar-refractivity contribution >= 4 is 46.7 Å². The van der Waals surface area contributed by atoms with E-state index in [1.165, 1.54) is 5.39 Å². The van der Waals surface area contributed by atoms with Gasteiger partial charge in [-0.25, -0.2) is 4.99 Å². The summed E-state index contributed by atoms with van der Waals surface area (Å²) in [4.78, 5) is 27.7. The standard InChI is InChI=1S/C23H34N6O.HI/c1-3-24-23(25-17-20-16-19-8-4-5-9-21(19)26-20)29-14-12-27(13-15-29)18(2)22(30)28-10-6-7-11-28;/h4-5,8-9,16,18,26H,3,6-7,10-15,17H2,1-2H3,(H,24,25);1H. The van der Waals surface area contributed by atoms with Crippen molar-refractivity contribution in [1.29, 1.82) is 0 Å². The molecule has 7 nitrogen and oxygen atoms in total. The highest BCUT2D eigenvalue weighted by Gasteiger charge is 2.30. The second kappa shape index (κ2) is 11.2. The molecule has 2 aromatic rings. The third kappa shape index (κ3) is 5.71. The van der Waals surface area contributed by atoms with Gasteiger partial charge in [-0.15, -0.1) is 24.0 Å². The number of carbonyl (C=O) groups excluding carboxylic acids is 1. The number of carbonyl (C=O) groups is 1. The fraction of sp³-hybridized carbons (Fsp3) is 0.565. The first-order valence-electron chi connectivity index (χ1n) is 11.3. The number of rotatable bonds is 5. The Balaban J connectivity index is 0.00000272. The lowest BCUT2D eigenvalue weighted by Crippen LogP contribution is -2.57. The van der Waals surface area contributed by atoms with Crippen molar-refractivity contribution in [2.24, 2.45) is 4.99 Å². The number of aromatic amines is 1. The summed E-state index contributed by atoms with van der Waals surface area (Å²) in [7, 11) is 0. The molecule has 4 rings (SSSR count). The third-order valence-electron chi connectivity index (χ3n) is 6.26. The van der Waals surface area contributed by atoms with Crippen molar-refractivity contribution in [1.82, 2.24) is 25.0 Å². The Kier molecular flexibility index (Phi) is 8.59. The van der Waals surface area contributed by atoms with Crippen LogP contribution >= 0.6 is 24.0 Å². The van der Waals surface area contributed by atoms with Gasteiger partial charge in [0.05, 0.1) is 12.6 Å². The SMILES string of the molecule is CCNC(=NCc1cc2ccccc2[nH]1)N1CCN(C(C)C(=O)N2CCCC2)CC1.I. The molecule has 2 aliphatic rings. The molecular formula is C23H35IN6O. The Bertz CT molecular complexity index is 850. The summed E-state index contributed by atoms with van der Waals surface area (Å²) >= 11 is 0. The molecule has 0 bridgehead atoms. The number of aliphatic imine (C=N–C) groups is 1. The van der Waals surface area contributed by atoms with Crippen LogP contribution < -0.4 is 5.32 Å². The van der Waals surface area contributed by atoms with E-state index >= 15 is 0 Å². The highest BCUT2D eigenvalue weighted by atomic mass is 127.